The molecule has 7 nitrogen and oxygen atoms in total. The number of carbonyl (C=O) groups excluding carboxylic acids is 1. The number of aryl methyl sites for hydroxylation is 1. The summed E-state index contributed by atoms with van der Waals surface area (Å²) in [6, 6.07) is 0.554. The summed E-state index contributed by atoms with van der Waals surface area (Å²) >= 11 is 0. The van der Waals surface area contributed by atoms with Gasteiger partial charge < -0.3 is 24.1 Å². The maximum atomic E-state index is 12.4. The van der Waals surface area contributed by atoms with Crippen molar-refractivity contribution in [2.75, 3.05) is 26.8 Å². The molecular formula is C13H18N2O5. The van der Waals surface area contributed by atoms with Gasteiger partial charge in [-0.15, -0.1) is 0 Å². The molecule has 1 saturated heterocycles. The standard InChI is InChI=1S/C13H18N2O5/c1-9-10(3-5-20-9)7-14(2)13(18)15-4-6-19-8-11(15)12(16)17/h3,5,11H,4,6-8H2,1-2H3,(H,16,17). The molecule has 2 rings (SSSR count). The molecule has 110 valence electrons. The first kappa shape index (κ1) is 14.4. The van der Waals surface area contributed by atoms with Crippen molar-refractivity contribution in [3.05, 3.63) is 23.7 Å². The lowest BCUT2D eigenvalue weighted by molar-refractivity contribution is -0.147. The second-order valence-electron chi connectivity index (χ2n) is 4.76. The van der Waals surface area contributed by atoms with Crippen molar-refractivity contribution in [1.82, 2.24) is 9.80 Å². The second-order valence-corrected chi connectivity index (χ2v) is 4.76. The third-order valence-electron chi connectivity index (χ3n) is 3.36. The van der Waals surface area contributed by atoms with Crippen LogP contribution in [0.1, 0.15) is 11.3 Å². The zero-order valence-electron chi connectivity index (χ0n) is 11.5. The van der Waals surface area contributed by atoms with E-state index in [0.717, 1.165) is 11.3 Å². The van der Waals surface area contributed by atoms with E-state index in [0.29, 0.717) is 13.2 Å². The summed E-state index contributed by atoms with van der Waals surface area (Å²) < 4.78 is 10.3. The van der Waals surface area contributed by atoms with Gasteiger partial charge in [-0.1, -0.05) is 0 Å². The molecule has 2 heterocycles. The summed E-state index contributed by atoms with van der Waals surface area (Å²) in [5.41, 5.74) is 0.904. The monoisotopic (exact) mass is 282 g/mol. The van der Waals surface area contributed by atoms with E-state index in [1.807, 2.05) is 6.92 Å². The maximum Gasteiger partial charge on any atom is 0.328 e. The lowest BCUT2D eigenvalue weighted by Crippen LogP contribution is -2.55. The van der Waals surface area contributed by atoms with Crippen LogP contribution in [0, 0.1) is 6.92 Å². The second kappa shape index (κ2) is 5.96. The lowest BCUT2D eigenvalue weighted by Gasteiger charge is -2.35. The molecule has 1 fully saturated rings. The van der Waals surface area contributed by atoms with Crippen molar-refractivity contribution >= 4 is 12.0 Å². The van der Waals surface area contributed by atoms with Gasteiger partial charge >= 0.3 is 12.0 Å². The van der Waals surface area contributed by atoms with Gasteiger partial charge in [0.05, 0.1) is 26.0 Å². The molecular weight excluding hydrogens is 264 g/mol. The number of urea groups is 1. The first-order chi connectivity index (χ1) is 9.50. The first-order valence-electron chi connectivity index (χ1n) is 6.36. The van der Waals surface area contributed by atoms with E-state index in [1.54, 1.807) is 19.4 Å². The van der Waals surface area contributed by atoms with E-state index in [4.69, 9.17) is 14.3 Å². The fourth-order valence-electron chi connectivity index (χ4n) is 2.15. The molecule has 0 aliphatic carbocycles. The van der Waals surface area contributed by atoms with Gasteiger partial charge in [-0.3, -0.25) is 0 Å². The van der Waals surface area contributed by atoms with E-state index in [1.165, 1.54) is 9.80 Å². The highest BCUT2D eigenvalue weighted by atomic mass is 16.5. The van der Waals surface area contributed by atoms with Crippen molar-refractivity contribution in [2.24, 2.45) is 0 Å². The molecule has 1 atom stereocenters. The van der Waals surface area contributed by atoms with Crippen LogP contribution in [0.4, 0.5) is 4.79 Å². The van der Waals surface area contributed by atoms with Crippen LogP contribution in [0.3, 0.4) is 0 Å². The minimum Gasteiger partial charge on any atom is -0.480 e. The number of aliphatic carboxylic acids is 1. The summed E-state index contributed by atoms with van der Waals surface area (Å²) in [6.07, 6.45) is 1.57. The van der Waals surface area contributed by atoms with Crippen molar-refractivity contribution < 1.29 is 23.8 Å². The molecule has 7 heteroatoms. The van der Waals surface area contributed by atoms with Gasteiger partial charge in [0.15, 0.2) is 6.04 Å². The number of morpholine rings is 1. The summed E-state index contributed by atoms with van der Waals surface area (Å²) in [4.78, 5) is 26.3. The third-order valence-corrected chi connectivity index (χ3v) is 3.36. The molecule has 0 saturated carbocycles. The molecule has 2 amide bonds. The van der Waals surface area contributed by atoms with Crippen LogP contribution in [-0.4, -0.2) is 59.8 Å². The Morgan fingerprint density at radius 2 is 2.30 bits per heavy atom. The van der Waals surface area contributed by atoms with E-state index < -0.39 is 12.0 Å². The molecule has 1 unspecified atom stereocenters. The van der Waals surface area contributed by atoms with Crippen molar-refractivity contribution in [1.29, 1.82) is 0 Å². The number of ether oxygens (including phenoxy) is 1. The van der Waals surface area contributed by atoms with Gasteiger partial charge in [0, 0.05) is 19.2 Å². The predicted octanol–water partition coefficient (Wildman–Crippen LogP) is 0.925. The summed E-state index contributed by atoms with van der Waals surface area (Å²) in [5.74, 6) is -0.299. The Bertz CT molecular complexity index is 499. The molecule has 1 aromatic heterocycles. The van der Waals surface area contributed by atoms with E-state index in [2.05, 4.69) is 0 Å². The Labute approximate surface area is 116 Å². The quantitative estimate of drug-likeness (QED) is 0.891. The van der Waals surface area contributed by atoms with E-state index in [9.17, 15) is 9.59 Å². The van der Waals surface area contributed by atoms with Crippen LogP contribution < -0.4 is 0 Å². The van der Waals surface area contributed by atoms with Crippen molar-refractivity contribution in [3.8, 4) is 0 Å². The molecule has 0 bridgehead atoms. The maximum absolute atomic E-state index is 12.4. The van der Waals surface area contributed by atoms with Crippen LogP contribution in [0.15, 0.2) is 16.7 Å². The summed E-state index contributed by atoms with van der Waals surface area (Å²) in [7, 11) is 1.64. The molecule has 1 aromatic rings. The highest BCUT2D eigenvalue weighted by molar-refractivity contribution is 5.83. The Balaban J connectivity index is 2.05. The minimum absolute atomic E-state index is 0.0274. The predicted molar refractivity (Wildman–Crippen MR) is 69.3 cm³/mol. The van der Waals surface area contributed by atoms with Crippen LogP contribution in [-0.2, 0) is 16.1 Å². The number of amides is 2. The third kappa shape index (κ3) is 2.93. The topological polar surface area (TPSA) is 83.2 Å². The summed E-state index contributed by atoms with van der Waals surface area (Å²) in [5, 5.41) is 9.13. The van der Waals surface area contributed by atoms with E-state index >= 15 is 0 Å². The van der Waals surface area contributed by atoms with Crippen LogP contribution in [0.25, 0.3) is 0 Å². The van der Waals surface area contributed by atoms with Crippen molar-refractivity contribution in [2.45, 2.75) is 19.5 Å². The number of furan rings is 1. The van der Waals surface area contributed by atoms with Gasteiger partial charge in [-0.05, 0) is 13.0 Å². The first-order valence-corrected chi connectivity index (χ1v) is 6.36. The van der Waals surface area contributed by atoms with Gasteiger partial charge in [0.2, 0.25) is 0 Å². The minimum atomic E-state index is -1.05. The van der Waals surface area contributed by atoms with Gasteiger partial charge in [-0.2, -0.15) is 0 Å². The number of hydrogen-bond acceptors (Lipinski definition) is 4. The fraction of sp³-hybridized carbons (Fsp3) is 0.538. The number of carboxylic acids is 1. The zero-order valence-corrected chi connectivity index (χ0v) is 11.5. The Morgan fingerprint density at radius 1 is 1.55 bits per heavy atom. The zero-order chi connectivity index (χ0) is 14.7. The Morgan fingerprint density at radius 3 is 2.90 bits per heavy atom. The fourth-order valence-corrected chi connectivity index (χ4v) is 2.15. The smallest absolute Gasteiger partial charge is 0.328 e. The molecule has 1 aliphatic rings. The van der Waals surface area contributed by atoms with Crippen LogP contribution in [0.2, 0.25) is 0 Å². The molecule has 1 aliphatic heterocycles. The van der Waals surface area contributed by atoms with Crippen molar-refractivity contribution in [3.63, 3.8) is 0 Å². The number of rotatable bonds is 3. The van der Waals surface area contributed by atoms with Crippen LogP contribution in [0.5, 0.6) is 0 Å². The highest BCUT2D eigenvalue weighted by Gasteiger charge is 2.34. The molecule has 20 heavy (non-hydrogen) atoms. The molecule has 0 radical (unpaired) electrons. The Hall–Kier alpha value is -2.02. The number of carboxylic acid groups (broad SMARTS) is 1. The molecule has 1 N–H and O–H groups in total. The van der Waals surface area contributed by atoms with E-state index in [-0.39, 0.29) is 19.2 Å². The van der Waals surface area contributed by atoms with Gasteiger partial charge in [0.1, 0.15) is 5.76 Å². The van der Waals surface area contributed by atoms with Crippen LogP contribution >= 0.6 is 0 Å². The number of hydrogen-bond donors (Lipinski definition) is 1. The summed E-state index contributed by atoms with van der Waals surface area (Å²) in [6.45, 7) is 2.87. The average Bonchev–Trinajstić information content (AvgIpc) is 2.83. The molecule has 0 aromatic carbocycles. The number of nitrogens with zero attached hydrogens (tertiary/aromatic N) is 2. The normalized spacial score (nSPS) is 18.9. The van der Waals surface area contributed by atoms with Gasteiger partial charge in [-0.25, -0.2) is 9.59 Å². The number of carbonyl (C=O) groups is 2. The largest absolute Gasteiger partial charge is 0.480 e. The average molecular weight is 282 g/mol. The highest BCUT2D eigenvalue weighted by Crippen LogP contribution is 2.15. The molecule has 0 spiro atoms. The lowest BCUT2D eigenvalue weighted by atomic mass is 10.2. The Kier molecular flexibility index (Phi) is 4.29. The van der Waals surface area contributed by atoms with Gasteiger partial charge in [0.25, 0.3) is 0 Å². The SMILES string of the molecule is Cc1occc1CN(C)C(=O)N1CCOCC1C(=O)O.